The van der Waals surface area contributed by atoms with E-state index in [2.05, 4.69) is 34.8 Å². The predicted molar refractivity (Wildman–Crippen MR) is 92.5 cm³/mol. The second kappa shape index (κ2) is 7.40. The number of hydrogen-bond donors (Lipinski definition) is 3. The van der Waals surface area contributed by atoms with Crippen molar-refractivity contribution in [1.29, 1.82) is 0 Å². The molecule has 0 radical (unpaired) electrons. The molecule has 2 atom stereocenters. The predicted octanol–water partition coefficient (Wildman–Crippen LogP) is 1.43. The van der Waals surface area contributed by atoms with E-state index in [1.54, 1.807) is 0 Å². The minimum absolute atomic E-state index is 0.106. The number of hydrogen-bond acceptors (Lipinski definition) is 4. The zero-order chi connectivity index (χ0) is 19.6. The lowest BCUT2D eigenvalue weighted by Crippen LogP contribution is -2.44. The Hall–Kier alpha value is -2.49. The Labute approximate surface area is 149 Å². The van der Waals surface area contributed by atoms with Crippen LogP contribution in [0.25, 0.3) is 0 Å². The highest BCUT2D eigenvalue weighted by atomic mass is 19.4. The van der Waals surface area contributed by atoms with Crippen molar-refractivity contribution in [2.45, 2.75) is 31.6 Å². The molecule has 0 unspecified atom stereocenters. The van der Waals surface area contributed by atoms with Crippen molar-refractivity contribution in [2.24, 2.45) is 16.5 Å². The summed E-state index contributed by atoms with van der Waals surface area (Å²) in [4.78, 5) is 18.0. The quantitative estimate of drug-likeness (QED) is 0.535. The maximum Gasteiger partial charge on any atom is 0.490 e. The lowest BCUT2D eigenvalue weighted by molar-refractivity contribution is -0.192. The molecule has 2 saturated heterocycles. The van der Waals surface area contributed by atoms with Crippen LogP contribution < -0.4 is 16.4 Å². The average molecular weight is 373 g/mol. The SMILES string of the molecule is Cc1cc(N=C(N)N)ccc1N1C[C@@H]2C[C@H]1CN2C.O=C(O)C(F)(F)F. The van der Waals surface area contributed by atoms with Crippen LogP contribution in [0.5, 0.6) is 0 Å². The number of carboxylic acids is 1. The van der Waals surface area contributed by atoms with Crippen molar-refractivity contribution in [3.8, 4) is 0 Å². The van der Waals surface area contributed by atoms with Gasteiger partial charge in [0.2, 0.25) is 0 Å². The monoisotopic (exact) mass is 373 g/mol. The van der Waals surface area contributed by atoms with Crippen molar-refractivity contribution in [1.82, 2.24) is 4.90 Å². The van der Waals surface area contributed by atoms with Crippen LogP contribution in [0.4, 0.5) is 24.5 Å². The highest BCUT2D eigenvalue weighted by Crippen LogP contribution is 2.36. The summed E-state index contributed by atoms with van der Waals surface area (Å²) in [7, 11) is 2.22. The van der Waals surface area contributed by atoms with Crippen molar-refractivity contribution in [3.05, 3.63) is 23.8 Å². The van der Waals surface area contributed by atoms with Crippen LogP contribution in [0.1, 0.15) is 12.0 Å². The molecule has 26 heavy (non-hydrogen) atoms. The number of likely N-dealkylation sites (N-methyl/N-ethyl adjacent to an activating group) is 1. The maximum atomic E-state index is 10.6. The number of anilines is 1. The van der Waals surface area contributed by atoms with Crippen molar-refractivity contribution < 1.29 is 23.1 Å². The third kappa shape index (κ3) is 4.57. The summed E-state index contributed by atoms with van der Waals surface area (Å²) in [5.74, 6) is -2.65. The van der Waals surface area contributed by atoms with E-state index in [9.17, 15) is 13.2 Å². The van der Waals surface area contributed by atoms with Crippen LogP contribution in [0.15, 0.2) is 23.2 Å². The number of nitrogens with two attached hydrogens (primary N) is 2. The standard InChI is InChI=1S/C14H21N5.C2HF3O2/c1-9-5-10(17-14(15)16)3-4-13(9)19-8-11-6-12(19)7-18(11)2;3-2(4,5)1(6)7/h3-5,11-12H,6-8H2,1-2H3,(H4,15,16,17);(H,6,7)/t11-,12-;/m0./s1. The number of alkyl halides is 3. The fourth-order valence-corrected chi connectivity index (χ4v) is 3.34. The number of halogens is 3. The van der Waals surface area contributed by atoms with E-state index in [0.717, 1.165) is 12.2 Å². The minimum Gasteiger partial charge on any atom is -0.475 e. The molecule has 0 spiro atoms. The van der Waals surface area contributed by atoms with Gasteiger partial charge in [0.05, 0.1) is 5.69 Å². The molecule has 2 aliphatic heterocycles. The fraction of sp³-hybridized carbons (Fsp3) is 0.500. The number of benzene rings is 1. The maximum absolute atomic E-state index is 10.6. The molecular weight excluding hydrogens is 351 g/mol. The first kappa shape index (κ1) is 19.8. The first-order chi connectivity index (χ1) is 12.0. The van der Waals surface area contributed by atoms with E-state index in [1.165, 1.54) is 24.2 Å². The number of aryl methyl sites for hydroxylation is 1. The average Bonchev–Trinajstić information content (AvgIpc) is 3.05. The summed E-state index contributed by atoms with van der Waals surface area (Å²) < 4.78 is 31.7. The fourth-order valence-electron chi connectivity index (χ4n) is 3.34. The van der Waals surface area contributed by atoms with Gasteiger partial charge in [-0.1, -0.05) is 0 Å². The van der Waals surface area contributed by atoms with Gasteiger partial charge in [-0.2, -0.15) is 13.2 Å². The van der Waals surface area contributed by atoms with Crippen LogP contribution in [-0.2, 0) is 4.79 Å². The molecule has 7 nitrogen and oxygen atoms in total. The molecule has 5 N–H and O–H groups in total. The Morgan fingerprint density at radius 3 is 2.27 bits per heavy atom. The highest BCUT2D eigenvalue weighted by molar-refractivity contribution is 5.79. The van der Waals surface area contributed by atoms with Crippen LogP contribution in [0, 0.1) is 6.92 Å². The lowest BCUT2D eigenvalue weighted by atomic mass is 10.1. The van der Waals surface area contributed by atoms with Gasteiger partial charge in [0, 0.05) is 30.9 Å². The molecular formula is C16H22F3N5O2. The number of nitrogens with zero attached hydrogens (tertiary/aromatic N) is 3. The summed E-state index contributed by atoms with van der Waals surface area (Å²) in [6.07, 6.45) is -3.80. The number of aliphatic carboxylic acids is 1. The van der Waals surface area contributed by atoms with Gasteiger partial charge in [-0.3, -0.25) is 4.90 Å². The van der Waals surface area contributed by atoms with E-state index in [1.807, 2.05) is 12.1 Å². The summed E-state index contributed by atoms with van der Waals surface area (Å²) in [6, 6.07) is 7.53. The Balaban J connectivity index is 0.000000298. The molecule has 1 aromatic carbocycles. The highest BCUT2D eigenvalue weighted by Gasteiger charge is 2.41. The molecule has 0 aromatic heterocycles. The van der Waals surface area contributed by atoms with E-state index < -0.39 is 12.1 Å². The molecule has 0 aliphatic carbocycles. The Morgan fingerprint density at radius 2 is 1.88 bits per heavy atom. The molecule has 2 bridgehead atoms. The topological polar surface area (TPSA) is 108 Å². The van der Waals surface area contributed by atoms with E-state index in [0.29, 0.717) is 12.1 Å². The summed E-state index contributed by atoms with van der Waals surface area (Å²) in [5.41, 5.74) is 14.2. The van der Waals surface area contributed by atoms with Gasteiger partial charge in [-0.05, 0) is 44.2 Å². The van der Waals surface area contributed by atoms with Gasteiger partial charge in [0.15, 0.2) is 5.96 Å². The Morgan fingerprint density at radius 1 is 1.27 bits per heavy atom. The molecule has 2 heterocycles. The Kier molecular flexibility index (Phi) is 5.65. The number of carboxylic acid groups (broad SMARTS) is 1. The molecule has 1 aromatic rings. The number of carbonyl (C=O) groups is 1. The molecule has 0 saturated carbocycles. The zero-order valence-electron chi connectivity index (χ0n) is 14.5. The first-order valence-corrected chi connectivity index (χ1v) is 7.96. The molecule has 10 heteroatoms. The van der Waals surface area contributed by atoms with Crippen LogP contribution in [0.2, 0.25) is 0 Å². The van der Waals surface area contributed by atoms with E-state index in [4.69, 9.17) is 21.4 Å². The number of fused-ring (bicyclic) bond motifs is 2. The third-order valence-electron chi connectivity index (χ3n) is 4.50. The smallest absolute Gasteiger partial charge is 0.475 e. The van der Waals surface area contributed by atoms with Gasteiger partial charge >= 0.3 is 12.1 Å². The van der Waals surface area contributed by atoms with Crippen molar-refractivity contribution >= 4 is 23.3 Å². The molecule has 0 amide bonds. The number of likely N-dealkylation sites (tertiary alicyclic amines) is 1. The van der Waals surface area contributed by atoms with Crippen molar-refractivity contribution in [3.63, 3.8) is 0 Å². The lowest BCUT2D eigenvalue weighted by Gasteiger charge is -2.34. The summed E-state index contributed by atoms with van der Waals surface area (Å²) in [6.45, 7) is 4.42. The third-order valence-corrected chi connectivity index (χ3v) is 4.50. The van der Waals surface area contributed by atoms with Gasteiger partial charge in [-0.25, -0.2) is 9.79 Å². The summed E-state index contributed by atoms with van der Waals surface area (Å²) >= 11 is 0. The number of piperazine rings is 1. The van der Waals surface area contributed by atoms with Crippen molar-refractivity contribution in [2.75, 3.05) is 25.0 Å². The number of aliphatic imine (C=N–C) groups is 1. The Bertz CT molecular complexity index is 702. The van der Waals surface area contributed by atoms with Crippen LogP contribution in [0.3, 0.4) is 0 Å². The molecule has 3 rings (SSSR count). The summed E-state index contributed by atoms with van der Waals surface area (Å²) in [5, 5.41) is 7.12. The van der Waals surface area contributed by atoms with E-state index >= 15 is 0 Å². The largest absolute Gasteiger partial charge is 0.490 e. The van der Waals surface area contributed by atoms with Gasteiger partial charge in [0.25, 0.3) is 0 Å². The van der Waals surface area contributed by atoms with Crippen LogP contribution in [-0.4, -0.2) is 60.3 Å². The molecule has 2 fully saturated rings. The minimum atomic E-state index is -5.08. The number of guanidine groups is 1. The van der Waals surface area contributed by atoms with E-state index in [-0.39, 0.29) is 5.96 Å². The zero-order valence-corrected chi connectivity index (χ0v) is 14.5. The van der Waals surface area contributed by atoms with Gasteiger partial charge in [0.1, 0.15) is 0 Å². The van der Waals surface area contributed by atoms with Crippen LogP contribution >= 0.6 is 0 Å². The normalized spacial score (nSPS) is 22.0. The van der Waals surface area contributed by atoms with Gasteiger partial charge < -0.3 is 21.5 Å². The molecule has 144 valence electrons. The number of rotatable bonds is 2. The second-order valence-corrected chi connectivity index (χ2v) is 6.45. The first-order valence-electron chi connectivity index (χ1n) is 7.96. The molecule has 2 aliphatic rings. The second-order valence-electron chi connectivity index (χ2n) is 6.45. The van der Waals surface area contributed by atoms with Gasteiger partial charge in [-0.15, -0.1) is 0 Å².